The molecule has 0 spiro atoms. The third kappa shape index (κ3) is 2.19. The van der Waals surface area contributed by atoms with Crippen LogP contribution in [0.5, 0.6) is 17.2 Å². The molecule has 1 aromatic rings. The number of carbonyl (C=O) groups is 1. The summed E-state index contributed by atoms with van der Waals surface area (Å²) in [5, 5.41) is 29.0. The quantitative estimate of drug-likeness (QED) is 0.418. The molecule has 0 bridgehead atoms. The summed E-state index contributed by atoms with van der Waals surface area (Å²) >= 11 is 0. The van der Waals surface area contributed by atoms with E-state index in [2.05, 4.69) is 4.90 Å². The highest BCUT2D eigenvalue weighted by Gasteiger charge is 2.20. The molecule has 5 nitrogen and oxygen atoms in total. The molecule has 0 atom stereocenters. The van der Waals surface area contributed by atoms with Gasteiger partial charge >= 0.3 is 0 Å². The highest BCUT2D eigenvalue weighted by molar-refractivity contribution is 5.82. The summed E-state index contributed by atoms with van der Waals surface area (Å²) in [7, 11) is 0. The van der Waals surface area contributed by atoms with Crippen molar-refractivity contribution in [2.75, 3.05) is 13.1 Å². The Kier molecular flexibility index (Phi) is 3.19. The molecule has 0 aromatic heterocycles. The molecule has 3 N–H and O–H groups in total. The summed E-state index contributed by atoms with van der Waals surface area (Å²) < 4.78 is 0. The van der Waals surface area contributed by atoms with Crippen molar-refractivity contribution in [2.24, 2.45) is 0 Å². The third-order valence-corrected chi connectivity index (χ3v) is 3.09. The predicted octanol–water partition coefficient (Wildman–Crippen LogP) is 1.21. The van der Waals surface area contributed by atoms with Crippen LogP contribution in [0, 0.1) is 0 Å². The first-order chi connectivity index (χ1) is 8.13. The second-order valence-corrected chi connectivity index (χ2v) is 4.26. The van der Waals surface area contributed by atoms with Gasteiger partial charge in [-0.1, -0.05) is 0 Å². The van der Waals surface area contributed by atoms with E-state index in [4.69, 9.17) is 0 Å². The maximum atomic E-state index is 10.7. The van der Waals surface area contributed by atoms with Gasteiger partial charge in [0.1, 0.15) is 5.75 Å². The summed E-state index contributed by atoms with van der Waals surface area (Å²) in [5.74, 6) is -0.971. The van der Waals surface area contributed by atoms with E-state index >= 15 is 0 Å². The monoisotopic (exact) mass is 237 g/mol. The number of benzene rings is 1. The van der Waals surface area contributed by atoms with Gasteiger partial charge in [0.15, 0.2) is 17.8 Å². The number of likely N-dealkylation sites (tertiary alicyclic amines) is 1. The van der Waals surface area contributed by atoms with Crippen LogP contribution in [0.3, 0.4) is 0 Å². The smallest absolute Gasteiger partial charge is 0.165 e. The van der Waals surface area contributed by atoms with Gasteiger partial charge in [0, 0.05) is 6.54 Å². The number of rotatable bonds is 3. The number of phenols is 3. The van der Waals surface area contributed by atoms with E-state index in [0.29, 0.717) is 12.8 Å². The van der Waals surface area contributed by atoms with Gasteiger partial charge < -0.3 is 15.3 Å². The van der Waals surface area contributed by atoms with Crippen molar-refractivity contribution < 1.29 is 20.1 Å². The zero-order chi connectivity index (χ0) is 12.4. The molecule has 17 heavy (non-hydrogen) atoms. The largest absolute Gasteiger partial charge is 0.507 e. The molecule has 1 fully saturated rings. The summed E-state index contributed by atoms with van der Waals surface area (Å²) in [6.07, 6.45) is 2.63. The number of carbonyl (C=O) groups excluding carboxylic acids is 1. The Morgan fingerprint density at radius 1 is 1.18 bits per heavy atom. The number of aldehydes is 1. The van der Waals surface area contributed by atoms with E-state index in [1.54, 1.807) is 0 Å². The van der Waals surface area contributed by atoms with E-state index in [1.807, 2.05) is 0 Å². The Morgan fingerprint density at radius 2 is 1.82 bits per heavy atom. The molecule has 1 heterocycles. The van der Waals surface area contributed by atoms with Crippen LogP contribution in [0.1, 0.15) is 28.8 Å². The lowest BCUT2D eigenvalue weighted by molar-refractivity contribution is 0.112. The van der Waals surface area contributed by atoms with Gasteiger partial charge in [0.2, 0.25) is 0 Å². The number of aromatic hydroxyl groups is 3. The van der Waals surface area contributed by atoms with Crippen LogP contribution in [0.25, 0.3) is 0 Å². The van der Waals surface area contributed by atoms with Crippen LogP contribution in [0.15, 0.2) is 6.07 Å². The van der Waals surface area contributed by atoms with Crippen LogP contribution in [-0.2, 0) is 6.54 Å². The van der Waals surface area contributed by atoms with E-state index < -0.39 is 0 Å². The molecule has 0 amide bonds. The van der Waals surface area contributed by atoms with Gasteiger partial charge in [0.05, 0.1) is 11.1 Å². The lowest BCUT2D eigenvalue weighted by Gasteiger charge is -2.17. The molecule has 92 valence electrons. The van der Waals surface area contributed by atoms with Crippen molar-refractivity contribution in [2.45, 2.75) is 19.4 Å². The maximum Gasteiger partial charge on any atom is 0.165 e. The zero-order valence-electron chi connectivity index (χ0n) is 9.39. The Morgan fingerprint density at radius 3 is 2.41 bits per heavy atom. The molecular formula is C12H15NO4. The number of nitrogens with zero attached hydrogens (tertiary/aromatic N) is 1. The molecule has 2 rings (SSSR count). The number of hydrogen-bond donors (Lipinski definition) is 3. The minimum atomic E-state index is -0.376. The van der Waals surface area contributed by atoms with E-state index in [1.165, 1.54) is 0 Å². The highest BCUT2D eigenvalue weighted by atomic mass is 16.3. The summed E-state index contributed by atoms with van der Waals surface area (Å²) in [4.78, 5) is 12.8. The Balaban J connectivity index is 2.36. The van der Waals surface area contributed by atoms with Crippen molar-refractivity contribution in [3.63, 3.8) is 0 Å². The lowest BCUT2D eigenvalue weighted by Crippen LogP contribution is -2.18. The van der Waals surface area contributed by atoms with Crippen molar-refractivity contribution in [3.05, 3.63) is 17.2 Å². The van der Waals surface area contributed by atoms with Crippen molar-refractivity contribution in [3.8, 4) is 17.2 Å². The molecular weight excluding hydrogens is 222 g/mol. The SMILES string of the molecule is O=Cc1cc(O)c(O)c(CN2CCCC2)c1O. The predicted molar refractivity (Wildman–Crippen MR) is 61.3 cm³/mol. The van der Waals surface area contributed by atoms with Crippen LogP contribution in [0.4, 0.5) is 0 Å². The summed E-state index contributed by atoms with van der Waals surface area (Å²) in [6, 6.07) is 1.06. The van der Waals surface area contributed by atoms with Gasteiger partial charge in [-0.2, -0.15) is 0 Å². The Bertz CT molecular complexity index is 439. The van der Waals surface area contributed by atoms with E-state index in [0.717, 1.165) is 32.0 Å². The van der Waals surface area contributed by atoms with E-state index in [-0.39, 0.29) is 28.4 Å². The van der Waals surface area contributed by atoms with Crippen molar-refractivity contribution in [1.82, 2.24) is 4.90 Å². The van der Waals surface area contributed by atoms with Crippen LogP contribution in [0.2, 0.25) is 0 Å². The molecule has 0 radical (unpaired) electrons. The second-order valence-electron chi connectivity index (χ2n) is 4.26. The molecule has 0 saturated carbocycles. The van der Waals surface area contributed by atoms with Crippen LogP contribution < -0.4 is 0 Å². The standard InChI is InChI=1S/C12H15NO4/c14-7-8-5-10(15)12(17)9(11(8)16)6-13-3-1-2-4-13/h5,7,15-17H,1-4,6H2. The highest BCUT2D eigenvalue weighted by Crippen LogP contribution is 2.38. The zero-order valence-corrected chi connectivity index (χ0v) is 9.39. The van der Waals surface area contributed by atoms with Gasteiger partial charge in [-0.25, -0.2) is 0 Å². The van der Waals surface area contributed by atoms with Crippen molar-refractivity contribution >= 4 is 6.29 Å². The Hall–Kier alpha value is -1.75. The summed E-state index contributed by atoms with van der Waals surface area (Å²) in [6.45, 7) is 2.13. The molecule has 1 aliphatic heterocycles. The Labute approximate surface area is 98.9 Å². The van der Waals surface area contributed by atoms with Crippen LogP contribution >= 0.6 is 0 Å². The molecule has 0 unspecified atom stereocenters. The first-order valence-corrected chi connectivity index (χ1v) is 5.57. The van der Waals surface area contributed by atoms with Gasteiger partial charge in [-0.3, -0.25) is 9.69 Å². The fraction of sp³-hybridized carbons (Fsp3) is 0.417. The third-order valence-electron chi connectivity index (χ3n) is 3.09. The fourth-order valence-electron chi connectivity index (χ4n) is 2.13. The van der Waals surface area contributed by atoms with Gasteiger partial charge in [0.25, 0.3) is 0 Å². The molecule has 1 aliphatic rings. The molecule has 1 saturated heterocycles. The summed E-state index contributed by atoms with van der Waals surface area (Å²) in [5.41, 5.74) is 0.212. The average molecular weight is 237 g/mol. The number of hydrogen-bond acceptors (Lipinski definition) is 5. The van der Waals surface area contributed by atoms with Crippen molar-refractivity contribution in [1.29, 1.82) is 0 Å². The van der Waals surface area contributed by atoms with Crippen LogP contribution in [-0.4, -0.2) is 39.6 Å². The minimum absolute atomic E-state index is 0.00510. The maximum absolute atomic E-state index is 10.7. The van der Waals surface area contributed by atoms with Gasteiger partial charge in [-0.15, -0.1) is 0 Å². The first-order valence-electron chi connectivity index (χ1n) is 5.57. The lowest BCUT2D eigenvalue weighted by atomic mass is 10.1. The van der Waals surface area contributed by atoms with Gasteiger partial charge in [-0.05, 0) is 32.0 Å². The number of phenolic OH excluding ortho intramolecular Hbond substituents is 3. The fourth-order valence-corrected chi connectivity index (χ4v) is 2.13. The molecule has 0 aliphatic carbocycles. The first kappa shape index (κ1) is 11.7. The molecule has 1 aromatic carbocycles. The molecule has 5 heteroatoms. The van der Waals surface area contributed by atoms with E-state index in [9.17, 15) is 20.1 Å². The second kappa shape index (κ2) is 4.63. The topological polar surface area (TPSA) is 81.0 Å². The normalized spacial score (nSPS) is 16.2. The minimum Gasteiger partial charge on any atom is -0.507 e. The average Bonchev–Trinajstić information content (AvgIpc) is 2.82.